The molecule has 0 bridgehead atoms. The van der Waals surface area contributed by atoms with Crippen LogP contribution in [0.5, 0.6) is 23.0 Å². The molecule has 2 aromatic carbocycles. The first-order valence-corrected chi connectivity index (χ1v) is 9.80. The average molecular weight is 398 g/mol. The maximum atomic E-state index is 12.9. The van der Waals surface area contributed by atoms with E-state index in [-0.39, 0.29) is 17.3 Å². The van der Waals surface area contributed by atoms with Gasteiger partial charge in [-0.2, -0.15) is 0 Å². The fourth-order valence-corrected chi connectivity index (χ4v) is 3.43. The van der Waals surface area contributed by atoms with Crippen molar-refractivity contribution < 1.29 is 29.0 Å². The third-order valence-corrected chi connectivity index (χ3v) is 5.08. The van der Waals surface area contributed by atoms with Crippen molar-refractivity contribution >= 4 is 11.9 Å². The maximum Gasteiger partial charge on any atom is 0.231 e. The van der Waals surface area contributed by atoms with Crippen LogP contribution in [-0.2, 0) is 6.54 Å². The van der Waals surface area contributed by atoms with Crippen LogP contribution in [0.25, 0.3) is 6.08 Å². The van der Waals surface area contributed by atoms with E-state index in [1.807, 2.05) is 0 Å². The van der Waals surface area contributed by atoms with Crippen LogP contribution in [0.1, 0.15) is 41.3 Å². The normalized spacial score (nSPS) is 15.2. The standard InChI is InChI=1S/C23H27NO5/c1-5-6-11-24(2)14-18-19(25)9-8-17-22(26)21(29-23(17)18)13-15-12-16(27-3)7-10-20(15)28-4/h7-10,12-13,25H,5-6,11,14H2,1-4H3/p+1/b21-13-. The molecule has 2 N–H and O–H groups in total. The number of quaternary nitrogens is 1. The number of hydrogen-bond donors (Lipinski definition) is 2. The van der Waals surface area contributed by atoms with E-state index in [0.29, 0.717) is 40.5 Å². The van der Waals surface area contributed by atoms with Gasteiger partial charge in [-0.25, -0.2) is 0 Å². The SMILES string of the molecule is CCCC[NH+](C)Cc1c(O)ccc2c1O/C(=C\c1cc(OC)ccc1OC)C2=O. The Kier molecular flexibility index (Phi) is 6.44. The lowest BCUT2D eigenvalue weighted by Crippen LogP contribution is -3.07. The molecule has 0 spiro atoms. The van der Waals surface area contributed by atoms with Crippen LogP contribution in [-0.4, -0.2) is 38.7 Å². The number of carbonyl (C=O) groups excluding carboxylic acids is 1. The zero-order valence-corrected chi connectivity index (χ0v) is 17.4. The van der Waals surface area contributed by atoms with Crippen molar-refractivity contribution in [2.24, 2.45) is 0 Å². The molecule has 0 saturated heterocycles. The van der Waals surface area contributed by atoms with Crippen molar-refractivity contribution in [2.75, 3.05) is 27.8 Å². The third kappa shape index (κ3) is 4.38. The van der Waals surface area contributed by atoms with Gasteiger partial charge in [-0.1, -0.05) is 13.3 Å². The third-order valence-electron chi connectivity index (χ3n) is 5.08. The van der Waals surface area contributed by atoms with E-state index in [9.17, 15) is 9.90 Å². The summed E-state index contributed by atoms with van der Waals surface area (Å²) in [6.45, 7) is 3.71. The number of unbranched alkanes of at least 4 members (excludes halogenated alkanes) is 1. The van der Waals surface area contributed by atoms with Gasteiger partial charge >= 0.3 is 0 Å². The van der Waals surface area contributed by atoms with Crippen molar-refractivity contribution in [3.05, 3.63) is 52.8 Å². The maximum absolute atomic E-state index is 12.9. The quantitative estimate of drug-likeness (QED) is 0.670. The van der Waals surface area contributed by atoms with Gasteiger partial charge in [-0.15, -0.1) is 0 Å². The molecule has 154 valence electrons. The van der Waals surface area contributed by atoms with Crippen LogP contribution in [0.3, 0.4) is 0 Å². The summed E-state index contributed by atoms with van der Waals surface area (Å²) in [6, 6.07) is 8.53. The summed E-state index contributed by atoms with van der Waals surface area (Å²) in [4.78, 5) is 14.2. The molecule has 2 aromatic rings. The first-order chi connectivity index (χ1) is 14.0. The molecule has 6 nitrogen and oxygen atoms in total. The molecule has 1 aliphatic rings. The Bertz CT molecular complexity index is 935. The second kappa shape index (κ2) is 9.01. The molecule has 0 amide bonds. The second-order valence-corrected chi connectivity index (χ2v) is 7.23. The van der Waals surface area contributed by atoms with E-state index >= 15 is 0 Å². The van der Waals surface area contributed by atoms with Crippen molar-refractivity contribution in [1.82, 2.24) is 0 Å². The first-order valence-electron chi connectivity index (χ1n) is 9.80. The second-order valence-electron chi connectivity index (χ2n) is 7.23. The number of ketones is 1. The van der Waals surface area contributed by atoms with E-state index < -0.39 is 0 Å². The molecule has 0 fully saturated rings. The van der Waals surface area contributed by atoms with E-state index in [2.05, 4.69) is 14.0 Å². The Hall–Kier alpha value is -2.99. The molecular formula is C23H28NO5+. The van der Waals surface area contributed by atoms with Gasteiger partial charge in [-0.3, -0.25) is 4.79 Å². The number of hydrogen-bond acceptors (Lipinski definition) is 5. The molecule has 1 heterocycles. The molecule has 0 aromatic heterocycles. The molecule has 29 heavy (non-hydrogen) atoms. The zero-order chi connectivity index (χ0) is 21.0. The summed E-state index contributed by atoms with van der Waals surface area (Å²) in [5.41, 5.74) is 1.80. The monoisotopic (exact) mass is 398 g/mol. The van der Waals surface area contributed by atoms with Gasteiger partial charge in [0.1, 0.15) is 23.8 Å². The van der Waals surface area contributed by atoms with Crippen LogP contribution < -0.4 is 19.1 Å². The number of ether oxygens (including phenoxy) is 3. The Morgan fingerprint density at radius 2 is 1.97 bits per heavy atom. The number of phenols is 1. The lowest BCUT2D eigenvalue weighted by atomic mass is 10.0. The minimum Gasteiger partial charge on any atom is -0.507 e. The summed E-state index contributed by atoms with van der Waals surface area (Å²) in [6.07, 6.45) is 3.86. The summed E-state index contributed by atoms with van der Waals surface area (Å²) >= 11 is 0. The van der Waals surface area contributed by atoms with Gasteiger partial charge in [0, 0.05) is 5.56 Å². The Morgan fingerprint density at radius 3 is 2.66 bits per heavy atom. The van der Waals surface area contributed by atoms with E-state index in [4.69, 9.17) is 14.2 Å². The number of fused-ring (bicyclic) bond motifs is 1. The largest absolute Gasteiger partial charge is 0.507 e. The lowest BCUT2D eigenvalue weighted by Gasteiger charge is -2.16. The number of aromatic hydroxyl groups is 1. The Morgan fingerprint density at radius 1 is 1.17 bits per heavy atom. The van der Waals surface area contributed by atoms with Gasteiger partial charge in [0.25, 0.3) is 0 Å². The molecule has 1 aliphatic heterocycles. The molecule has 6 heteroatoms. The Balaban J connectivity index is 1.95. The first kappa shape index (κ1) is 20.7. The van der Waals surface area contributed by atoms with Gasteiger partial charge in [-0.05, 0) is 42.8 Å². The highest BCUT2D eigenvalue weighted by molar-refractivity contribution is 6.15. The highest BCUT2D eigenvalue weighted by Gasteiger charge is 2.32. The number of nitrogens with one attached hydrogen (secondary N) is 1. The fraction of sp³-hybridized carbons (Fsp3) is 0.348. The predicted octanol–water partition coefficient (Wildman–Crippen LogP) is 2.84. The van der Waals surface area contributed by atoms with Crippen LogP contribution >= 0.6 is 0 Å². The van der Waals surface area contributed by atoms with Crippen molar-refractivity contribution in [1.29, 1.82) is 0 Å². The number of phenolic OH excluding ortho intramolecular Hbond substituents is 1. The summed E-state index contributed by atoms with van der Waals surface area (Å²) in [5.74, 6) is 1.84. The van der Waals surface area contributed by atoms with Gasteiger partial charge in [0.2, 0.25) is 5.78 Å². The lowest BCUT2D eigenvalue weighted by molar-refractivity contribution is -0.894. The molecule has 1 atom stereocenters. The topological polar surface area (TPSA) is 69.4 Å². The van der Waals surface area contributed by atoms with E-state index in [0.717, 1.165) is 19.4 Å². The molecule has 0 radical (unpaired) electrons. The Labute approximate surface area is 171 Å². The molecule has 3 rings (SSSR count). The number of methoxy groups -OCH3 is 2. The number of Topliss-reactive ketones (excluding diaryl/α,β-unsaturated/α-hetero) is 1. The smallest absolute Gasteiger partial charge is 0.231 e. The fourth-order valence-electron chi connectivity index (χ4n) is 3.43. The number of benzene rings is 2. The van der Waals surface area contributed by atoms with Crippen molar-refractivity contribution in [2.45, 2.75) is 26.3 Å². The minimum absolute atomic E-state index is 0.146. The zero-order valence-electron chi connectivity index (χ0n) is 17.4. The molecular weight excluding hydrogens is 370 g/mol. The van der Waals surface area contributed by atoms with Gasteiger partial charge < -0.3 is 24.2 Å². The van der Waals surface area contributed by atoms with Crippen LogP contribution in [0.2, 0.25) is 0 Å². The average Bonchev–Trinajstić information content (AvgIpc) is 3.04. The number of allylic oxidation sites excluding steroid dienone is 1. The summed E-state index contributed by atoms with van der Waals surface area (Å²) in [7, 11) is 5.22. The van der Waals surface area contributed by atoms with Gasteiger partial charge in [0.15, 0.2) is 11.5 Å². The predicted molar refractivity (Wildman–Crippen MR) is 111 cm³/mol. The molecule has 0 aliphatic carbocycles. The van der Waals surface area contributed by atoms with Crippen LogP contribution in [0, 0.1) is 0 Å². The van der Waals surface area contributed by atoms with E-state index in [1.54, 1.807) is 50.6 Å². The van der Waals surface area contributed by atoms with Crippen LogP contribution in [0.4, 0.5) is 0 Å². The highest BCUT2D eigenvalue weighted by Crippen LogP contribution is 2.39. The minimum atomic E-state index is -0.211. The van der Waals surface area contributed by atoms with Crippen molar-refractivity contribution in [3.8, 4) is 23.0 Å². The van der Waals surface area contributed by atoms with E-state index in [1.165, 1.54) is 4.90 Å². The highest BCUT2D eigenvalue weighted by atomic mass is 16.5. The summed E-state index contributed by atoms with van der Waals surface area (Å²) in [5, 5.41) is 10.4. The molecule has 1 unspecified atom stereocenters. The molecule has 0 saturated carbocycles. The van der Waals surface area contributed by atoms with Crippen LogP contribution in [0.15, 0.2) is 36.1 Å². The summed E-state index contributed by atoms with van der Waals surface area (Å²) < 4.78 is 16.6. The number of carbonyl (C=O) groups is 1. The van der Waals surface area contributed by atoms with Crippen molar-refractivity contribution in [3.63, 3.8) is 0 Å². The van der Waals surface area contributed by atoms with Gasteiger partial charge in [0.05, 0.1) is 38.9 Å². The number of rotatable bonds is 8.